The number of rotatable bonds is 7. The number of hydrogen-bond acceptors (Lipinski definition) is 7. The summed E-state index contributed by atoms with van der Waals surface area (Å²) in [5.74, 6) is -0.524. The molecule has 2 fully saturated rings. The Hall–Kier alpha value is -4.19. The number of benzene rings is 2. The predicted molar refractivity (Wildman–Crippen MR) is 182 cm³/mol. The number of piperazine rings is 1. The first-order chi connectivity index (χ1) is 22.7. The third-order valence-electron chi connectivity index (χ3n) is 9.43. The van der Waals surface area contributed by atoms with Gasteiger partial charge in [0.15, 0.2) is 0 Å². The molecular weight excluding hydrogens is 618 g/mol. The molecule has 244 valence electrons. The first-order valence-corrected chi connectivity index (χ1v) is 17.0. The Morgan fingerprint density at radius 3 is 2.45 bits per heavy atom. The van der Waals surface area contributed by atoms with E-state index in [2.05, 4.69) is 22.1 Å². The van der Waals surface area contributed by atoms with E-state index in [9.17, 15) is 14.3 Å². The number of nitrogens with zero attached hydrogens (tertiary/aromatic N) is 6. The van der Waals surface area contributed by atoms with Crippen molar-refractivity contribution in [3.05, 3.63) is 82.5 Å². The topological polar surface area (TPSA) is 77.2 Å². The number of aryl methyl sites for hydroxylation is 2. The Balaban J connectivity index is 1.15. The monoisotopic (exact) mass is 656 g/mol. The Morgan fingerprint density at radius 2 is 1.74 bits per heavy atom. The Kier molecular flexibility index (Phi) is 8.54. The van der Waals surface area contributed by atoms with Crippen molar-refractivity contribution in [1.29, 1.82) is 0 Å². The lowest BCUT2D eigenvalue weighted by molar-refractivity contribution is -0.131. The quantitative estimate of drug-likeness (QED) is 0.233. The minimum atomic E-state index is -0.411. The summed E-state index contributed by atoms with van der Waals surface area (Å²) in [7, 11) is 0. The average molecular weight is 657 g/mol. The zero-order chi connectivity index (χ0) is 32.8. The fourth-order valence-corrected chi connectivity index (χ4v) is 7.63. The van der Waals surface area contributed by atoms with Crippen molar-refractivity contribution in [2.75, 3.05) is 50.7 Å². The Bertz CT molecular complexity index is 1950. The van der Waals surface area contributed by atoms with E-state index >= 15 is 4.39 Å². The van der Waals surface area contributed by atoms with Gasteiger partial charge in [0.1, 0.15) is 22.3 Å². The maximum Gasteiger partial charge on any atom is 0.236 e. The lowest BCUT2D eigenvalue weighted by Gasteiger charge is -2.36. The van der Waals surface area contributed by atoms with E-state index in [1.54, 1.807) is 24.0 Å². The molecule has 2 aliphatic rings. The molecule has 0 bridgehead atoms. The number of thiazole rings is 1. The summed E-state index contributed by atoms with van der Waals surface area (Å²) in [6.07, 6.45) is 2.96. The minimum absolute atomic E-state index is 0.0777. The van der Waals surface area contributed by atoms with Gasteiger partial charge in [-0.3, -0.25) is 14.1 Å². The Morgan fingerprint density at radius 1 is 1.00 bits per heavy atom. The van der Waals surface area contributed by atoms with Crippen molar-refractivity contribution >= 4 is 28.6 Å². The molecule has 2 aliphatic heterocycles. The van der Waals surface area contributed by atoms with Gasteiger partial charge in [-0.1, -0.05) is 13.0 Å². The highest BCUT2D eigenvalue weighted by Crippen LogP contribution is 2.37. The smallest absolute Gasteiger partial charge is 0.236 e. The number of β-amino-alcohol motifs (C(OH)–C–C–N with tert-alkyl or cyclic N) is 1. The molecule has 0 unspecified atom stereocenters. The maximum absolute atomic E-state index is 16.4. The highest BCUT2D eigenvalue weighted by molar-refractivity contribution is 7.13. The number of pyridine rings is 1. The predicted octanol–water partition coefficient (Wildman–Crippen LogP) is 5.96. The third kappa shape index (κ3) is 6.03. The van der Waals surface area contributed by atoms with Crippen molar-refractivity contribution in [3.8, 4) is 33.1 Å². The number of likely N-dealkylation sites (tertiary alicyclic amines) is 1. The Labute approximate surface area is 276 Å². The summed E-state index contributed by atoms with van der Waals surface area (Å²) in [5, 5.41) is 12.4. The van der Waals surface area contributed by atoms with Crippen molar-refractivity contribution in [3.63, 3.8) is 0 Å². The number of amides is 1. The molecule has 7 rings (SSSR count). The van der Waals surface area contributed by atoms with Gasteiger partial charge in [-0.05, 0) is 74.2 Å². The van der Waals surface area contributed by atoms with E-state index in [4.69, 9.17) is 9.97 Å². The maximum atomic E-state index is 16.4. The zero-order valence-electron chi connectivity index (χ0n) is 26.8. The van der Waals surface area contributed by atoms with Crippen LogP contribution in [-0.4, -0.2) is 87.1 Å². The molecule has 2 saturated heterocycles. The number of fused-ring (bicyclic) bond motifs is 1. The van der Waals surface area contributed by atoms with Gasteiger partial charge in [0.2, 0.25) is 5.91 Å². The fourth-order valence-electron chi connectivity index (χ4n) is 6.72. The second-order valence-corrected chi connectivity index (χ2v) is 13.4. The van der Waals surface area contributed by atoms with E-state index in [1.165, 1.54) is 23.5 Å². The van der Waals surface area contributed by atoms with Crippen LogP contribution >= 0.6 is 11.3 Å². The standard InChI is InChI=1S/C36H38F2N6O2S/c1-4-30-34(29-10-9-28(23(3)33(29)38)36-40-31(21-47-36)24-5-7-25(37)8-6-24)44-18-26(17-22(2)35(44)39-30)42-15-13-41(14-16-42)20-32(46)43-12-11-27(45)19-43/h5-10,17-18,21,27,45H,4,11-16,19-20H2,1-3H3/t27-/m1/s1. The summed E-state index contributed by atoms with van der Waals surface area (Å²) in [6, 6.07) is 12.1. The molecule has 0 radical (unpaired) electrons. The van der Waals surface area contributed by atoms with Crippen LogP contribution in [0, 0.1) is 25.5 Å². The lowest BCUT2D eigenvalue weighted by atomic mass is 10.0. The van der Waals surface area contributed by atoms with Gasteiger partial charge in [0.05, 0.1) is 35.4 Å². The van der Waals surface area contributed by atoms with E-state index < -0.39 is 6.10 Å². The van der Waals surface area contributed by atoms with E-state index in [-0.39, 0.29) is 17.5 Å². The molecule has 0 aliphatic carbocycles. The van der Waals surface area contributed by atoms with Crippen LogP contribution < -0.4 is 4.90 Å². The molecule has 8 nitrogen and oxygen atoms in total. The SMILES string of the molecule is CCc1nc2c(C)cc(N3CCN(CC(=O)N4CC[C@@H](O)C4)CC3)cn2c1-c1ccc(-c2nc(-c3ccc(F)cc3)cs2)c(C)c1F. The van der Waals surface area contributed by atoms with E-state index in [0.717, 1.165) is 71.3 Å². The number of anilines is 1. The molecule has 11 heteroatoms. The van der Waals surface area contributed by atoms with Crippen LogP contribution in [0.3, 0.4) is 0 Å². The van der Waals surface area contributed by atoms with E-state index in [1.807, 2.05) is 35.8 Å². The van der Waals surface area contributed by atoms with Gasteiger partial charge in [0, 0.05) is 67.5 Å². The first kappa shape index (κ1) is 31.4. The van der Waals surface area contributed by atoms with Crippen molar-refractivity contribution in [2.24, 2.45) is 0 Å². The number of imidazole rings is 1. The number of halogens is 2. The first-order valence-electron chi connectivity index (χ1n) is 16.2. The molecule has 0 spiro atoms. The van der Waals surface area contributed by atoms with Gasteiger partial charge in [-0.15, -0.1) is 11.3 Å². The molecule has 1 atom stereocenters. The van der Waals surface area contributed by atoms with Gasteiger partial charge >= 0.3 is 0 Å². The van der Waals surface area contributed by atoms with Gasteiger partial charge in [-0.2, -0.15) is 0 Å². The zero-order valence-corrected chi connectivity index (χ0v) is 27.7. The number of carbonyl (C=O) groups excluding carboxylic acids is 1. The molecule has 1 amide bonds. The summed E-state index contributed by atoms with van der Waals surface area (Å²) in [6.45, 7) is 10.3. The van der Waals surface area contributed by atoms with Crippen LogP contribution in [-0.2, 0) is 11.2 Å². The molecular formula is C36H38F2N6O2S. The third-order valence-corrected chi connectivity index (χ3v) is 10.3. The average Bonchev–Trinajstić information content (AvgIpc) is 3.82. The molecule has 1 N–H and O–H groups in total. The number of aliphatic hydroxyl groups is 1. The van der Waals surface area contributed by atoms with Crippen LogP contribution in [0.1, 0.15) is 30.2 Å². The molecule has 3 aromatic heterocycles. The normalized spacial score (nSPS) is 17.3. The highest BCUT2D eigenvalue weighted by atomic mass is 32.1. The van der Waals surface area contributed by atoms with Gasteiger partial charge in [0.25, 0.3) is 0 Å². The number of hydrogen-bond donors (Lipinski definition) is 1. The van der Waals surface area contributed by atoms with Crippen molar-refractivity contribution in [1.82, 2.24) is 24.2 Å². The number of aromatic nitrogens is 3. The van der Waals surface area contributed by atoms with E-state index in [0.29, 0.717) is 48.6 Å². The van der Waals surface area contributed by atoms with Crippen LogP contribution in [0.5, 0.6) is 0 Å². The van der Waals surface area contributed by atoms with Crippen LogP contribution in [0.2, 0.25) is 0 Å². The lowest BCUT2D eigenvalue weighted by Crippen LogP contribution is -2.50. The summed E-state index contributed by atoms with van der Waals surface area (Å²) < 4.78 is 31.9. The second kappa shape index (κ2) is 12.8. The molecule has 47 heavy (non-hydrogen) atoms. The molecule has 5 heterocycles. The largest absolute Gasteiger partial charge is 0.391 e. The second-order valence-electron chi connectivity index (χ2n) is 12.5. The molecule has 0 saturated carbocycles. The van der Waals surface area contributed by atoms with Crippen molar-refractivity contribution < 1.29 is 18.7 Å². The van der Waals surface area contributed by atoms with Crippen LogP contribution in [0.4, 0.5) is 14.5 Å². The fraction of sp³-hybridized carbons (Fsp3) is 0.361. The summed E-state index contributed by atoms with van der Waals surface area (Å²) in [4.78, 5) is 28.7. The summed E-state index contributed by atoms with van der Waals surface area (Å²) in [5.41, 5.74) is 7.72. The molecule has 5 aromatic rings. The van der Waals surface area contributed by atoms with Crippen molar-refractivity contribution in [2.45, 2.75) is 39.7 Å². The van der Waals surface area contributed by atoms with Crippen LogP contribution in [0.25, 0.3) is 38.7 Å². The van der Waals surface area contributed by atoms with Gasteiger partial charge in [-0.25, -0.2) is 18.7 Å². The minimum Gasteiger partial charge on any atom is -0.391 e. The number of carbonyl (C=O) groups is 1. The van der Waals surface area contributed by atoms with Crippen LogP contribution in [0.15, 0.2) is 54.0 Å². The number of aliphatic hydroxyl groups excluding tert-OH is 1. The highest BCUT2D eigenvalue weighted by Gasteiger charge is 2.28. The molecule has 2 aromatic carbocycles. The summed E-state index contributed by atoms with van der Waals surface area (Å²) >= 11 is 1.44. The van der Waals surface area contributed by atoms with Gasteiger partial charge < -0.3 is 14.9 Å².